The Morgan fingerprint density at radius 3 is 1.44 bits per heavy atom. The zero-order valence-electron chi connectivity index (χ0n) is 44.1. The molecular weight excluding hydrogens is 921 g/mol. The highest BCUT2D eigenvalue weighted by molar-refractivity contribution is 5.92. The highest BCUT2D eigenvalue weighted by Gasteiger charge is 2.26. The number of ether oxygens (including phenoxy) is 3. The Hall–Kier alpha value is -7.50. The van der Waals surface area contributed by atoms with Gasteiger partial charge in [-0.1, -0.05) is 53.7 Å². The molecule has 4 aromatic carbocycles. The van der Waals surface area contributed by atoms with Gasteiger partial charge in [0.25, 0.3) is 12.0 Å². The molecule has 0 spiro atoms. The number of carbonyl (C=O) groups is 4. The van der Waals surface area contributed by atoms with Crippen molar-refractivity contribution in [2.75, 3.05) is 48.6 Å². The van der Waals surface area contributed by atoms with Gasteiger partial charge in [0.15, 0.2) is 11.2 Å². The Kier molecular flexibility index (Phi) is 17.8. The van der Waals surface area contributed by atoms with Crippen molar-refractivity contribution in [1.29, 1.82) is 0 Å². The number of alkyl carbamates (subject to hydrolysis) is 1. The van der Waals surface area contributed by atoms with Crippen molar-refractivity contribution in [3.8, 4) is 11.5 Å². The van der Waals surface area contributed by atoms with Gasteiger partial charge in [-0.2, -0.15) is 9.97 Å². The minimum Gasteiger partial charge on any atom is -0.494 e. The molecule has 0 unspecified atom stereocenters. The molecule has 18 nitrogen and oxygen atoms in total. The maximum absolute atomic E-state index is 12.4. The molecule has 6 N–H and O–H groups in total. The fourth-order valence-electron chi connectivity index (χ4n) is 7.19. The summed E-state index contributed by atoms with van der Waals surface area (Å²) in [6.07, 6.45) is -0.148. The first kappa shape index (κ1) is 55.4. The fourth-order valence-corrected chi connectivity index (χ4v) is 7.19. The van der Waals surface area contributed by atoms with E-state index in [1.54, 1.807) is 71.4 Å². The first-order valence-corrected chi connectivity index (χ1v) is 23.9. The lowest BCUT2D eigenvalue weighted by Gasteiger charge is -2.33. The number of methoxy groups -OCH3 is 2. The largest absolute Gasteiger partial charge is 0.494 e. The molecule has 18 heteroatoms. The van der Waals surface area contributed by atoms with E-state index in [1.807, 2.05) is 57.2 Å². The van der Waals surface area contributed by atoms with Crippen molar-refractivity contribution in [2.24, 2.45) is 0 Å². The summed E-state index contributed by atoms with van der Waals surface area (Å²) in [7, 11) is 3.09. The van der Waals surface area contributed by atoms with Gasteiger partial charge in [0, 0.05) is 55.0 Å². The monoisotopic (exact) mass is 993 g/mol. The molecule has 6 aromatic rings. The van der Waals surface area contributed by atoms with Crippen LogP contribution in [0.3, 0.4) is 0 Å². The summed E-state index contributed by atoms with van der Waals surface area (Å²) in [5.41, 5.74) is 6.64. The van der Waals surface area contributed by atoms with Crippen LogP contribution in [0.25, 0.3) is 22.2 Å². The van der Waals surface area contributed by atoms with Crippen molar-refractivity contribution in [1.82, 2.24) is 20.2 Å². The Morgan fingerprint density at radius 2 is 1.06 bits per heavy atom. The number of carboxylic acid groups (broad SMARTS) is 1. The first-order chi connectivity index (χ1) is 33.6. The van der Waals surface area contributed by atoms with Crippen molar-refractivity contribution >= 4 is 81.0 Å². The number of anilines is 6. The first-order valence-electron chi connectivity index (χ1n) is 23.9. The Balaban J connectivity index is 0.000000267. The zero-order chi connectivity index (χ0) is 53.2. The van der Waals surface area contributed by atoms with Gasteiger partial charge >= 0.3 is 12.2 Å². The van der Waals surface area contributed by atoms with E-state index in [2.05, 4.69) is 78.1 Å². The third-order valence-electron chi connectivity index (χ3n) is 11.0. The van der Waals surface area contributed by atoms with Crippen LogP contribution in [0, 0.1) is 0 Å². The fraction of sp³-hybridized carbons (Fsp3) is 0.444. The van der Waals surface area contributed by atoms with Gasteiger partial charge in [0.2, 0.25) is 11.8 Å². The molecule has 0 aliphatic carbocycles. The molecule has 0 bridgehead atoms. The molecule has 388 valence electrons. The molecule has 72 heavy (non-hydrogen) atoms. The molecule has 2 heterocycles. The average Bonchev–Trinajstić information content (AvgIpc) is 3.88. The molecule has 2 aromatic heterocycles. The molecule has 4 amide bonds. The number of hydrogen-bond donors (Lipinski definition) is 6. The standard InChI is InChI=1S/2C27H36N4O5/c1-26(2,3)17-10-13-21-20(15-17)30-24(36-21)29-19-12-11-18(16-22(19)35-7)28-23(32)9-8-14-31(25(33)34)27(4,5)6;1-26(2,3)17-10-13-21-20(15-17)31-24(35-21)30-19-12-11-18(16-22(19)34-7)29-23(32)9-8-14-28-25(33)36-27(4,5)6/h10-13,15-16H,8-9,14H2,1-7H3,(H,28,32)(H,29,30)(H,33,34);10-13,15-16H,8-9,14H2,1-7H3,(H,28,33)(H,29,32)(H,30,31). The third-order valence-corrected chi connectivity index (χ3v) is 11.0. The van der Waals surface area contributed by atoms with Gasteiger partial charge in [0.05, 0.1) is 25.6 Å². The molecule has 0 fully saturated rings. The lowest BCUT2D eigenvalue weighted by molar-refractivity contribution is -0.117. The van der Waals surface area contributed by atoms with E-state index >= 15 is 0 Å². The summed E-state index contributed by atoms with van der Waals surface area (Å²) in [5, 5.41) is 24.0. The molecule has 6 rings (SSSR count). The van der Waals surface area contributed by atoms with Crippen LogP contribution in [-0.4, -0.2) is 82.4 Å². The summed E-state index contributed by atoms with van der Waals surface area (Å²) < 4.78 is 27.9. The molecule has 0 atom stereocenters. The van der Waals surface area contributed by atoms with Crippen LogP contribution in [0.15, 0.2) is 81.6 Å². The van der Waals surface area contributed by atoms with E-state index in [0.717, 1.165) is 11.0 Å². The van der Waals surface area contributed by atoms with E-state index in [1.165, 1.54) is 16.0 Å². The molecule has 0 saturated carbocycles. The summed E-state index contributed by atoms with van der Waals surface area (Å²) in [4.78, 5) is 58.3. The van der Waals surface area contributed by atoms with Gasteiger partial charge in [0.1, 0.15) is 28.1 Å². The Morgan fingerprint density at radius 1 is 0.611 bits per heavy atom. The van der Waals surface area contributed by atoms with Crippen LogP contribution in [0.5, 0.6) is 11.5 Å². The minimum atomic E-state index is -0.996. The van der Waals surface area contributed by atoms with Gasteiger partial charge in [-0.3, -0.25) is 9.59 Å². The van der Waals surface area contributed by atoms with Crippen LogP contribution < -0.4 is 36.1 Å². The van der Waals surface area contributed by atoms with Crippen molar-refractivity contribution < 1.29 is 47.3 Å². The molecule has 0 aliphatic rings. The number of fused-ring (bicyclic) bond motifs is 2. The topological polar surface area (TPSA) is 232 Å². The van der Waals surface area contributed by atoms with Crippen molar-refractivity contribution in [3.63, 3.8) is 0 Å². The number of nitrogens with zero attached hydrogens (tertiary/aromatic N) is 3. The molecular formula is C54H72N8O10. The summed E-state index contributed by atoms with van der Waals surface area (Å²) in [6.45, 7) is 24.4. The summed E-state index contributed by atoms with van der Waals surface area (Å²) in [6, 6.07) is 23.2. The van der Waals surface area contributed by atoms with Crippen molar-refractivity contribution in [3.05, 3.63) is 83.9 Å². The number of rotatable bonds is 16. The highest BCUT2D eigenvalue weighted by Crippen LogP contribution is 2.35. The highest BCUT2D eigenvalue weighted by atomic mass is 16.6. The lowest BCUT2D eigenvalue weighted by Crippen LogP contribution is -2.45. The SMILES string of the molecule is COc1cc(NC(=O)CCCN(C(=O)O)C(C)(C)C)ccc1Nc1nc2cc(C(C)(C)C)ccc2o1.COc1cc(NC(=O)CCCNC(=O)OC(C)(C)C)ccc1Nc1nc2cc(C(C)(C)C)ccc2o1. The number of nitrogens with one attached hydrogen (secondary N) is 5. The van der Waals surface area contributed by atoms with Gasteiger partial charge in [-0.25, -0.2) is 9.59 Å². The second-order valence-corrected chi connectivity index (χ2v) is 21.3. The van der Waals surface area contributed by atoms with Crippen LogP contribution in [-0.2, 0) is 25.2 Å². The third kappa shape index (κ3) is 16.3. The van der Waals surface area contributed by atoms with Crippen molar-refractivity contribution in [2.45, 2.75) is 131 Å². The number of hydrogen-bond acceptors (Lipinski definition) is 13. The Bertz CT molecular complexity index is 2840. The van der Waals surface area contributed by atoms with E-state index in [9.17, 15) is 24.3 Å². The molecule has 0 aliphatic heterocycles. The maximum Gasteiger partial charge on any atom is 0.407 e. The average molecular weight is 993 g/mol. The van der Waals surface area contributed by atoms with Crippen LogP contribution >= 0.6 is 0 Å². The van der Waals surface area contributed by atoms with E-state index in [-0.39, 0.29) is 42.0 Å². The smallest absolute Gasteiger partial charge is 0.407 e. The normalized spacial score (nSPS) is 11.8. The minimum absolute atomic E-state index is 0.00640. The second kappa shape index (κ2) is 23.2. The second-order valence-electron chi connectivity index (χ2n) is 21.3. The van der Waals surface area contributed by atoms with Crippen LogP contribution in [0.1, 0.15) is 120 Å². The zero-order valence-corrected chi connectivity index (χ0v) is 44.1. The number of benzene rings is 4. The number of carbonyl (C=O) groups excluding carboxylic acids is 3. The maximum atomic E-state index is 12.4. The summed E-state index contributed by atoms with van der Waals surface area (Å²) >= 11 is 0. The van der Waals surface area contributed by atoms with E-state index < -0.39 is 23.3 Å². The van der Waals surface area contributed by atoms with Crippen LogP contribution in [0.4, 0.5) is 44.4 Å². The quantitative estimate of drug-likeness (QED) is 0.0496. The number of aromatic nitrogens is 2. The van der Waals surface area contributed by atoms with E-state index in [4.69, 9.17) is 23.0 Å². The van der Waals surface area contributed by atoms with Gasteiger partial charge < -0.3 is 59.6 Å². The van der Waals surface area contributed by atoms with E-state index in [0.29, 0.717) is 76.8 Å². The predicted octanol–water partition coefficient (Wildman–Crippen LogP) is 12.5. The lowest BCUT2D eigenvalue weighted by atomic mass is 9.87. The summed E-state index contributed by atoms with van der Waals surface area (Å²) in [5.74, 6) is 0.662. The number of amides is 4. The van der Waals surface area contributed by atoms with Gasteiger partial charge in [-0.05, 0) is 125 Å². The predicted molar refractivity (Wildman–Crippen MR) is 282 cm³/mol. The Labute approximate surface area is 422 Å². The molecule has 0 saturated heterocycles. The number of oxazole rings is 2. The van der Waals surface area contributed by atoms with Gasteiger partial charge in [-0.15, -0.1) is 0 Å². The molecule has 0 radical (unpaired) electrons. The van der Waals surface area contributed by atoms with Crippen LogP contribution in [0.2, 0.25) is 0 Å².